The second kappa shape index (κ2) is 29.7. The van der Waals surface area contributed by atoms with Crippen molar-refractivity contribution in [2.75, 3.05) is 0 Å². The van der Waals surface area contributed by atoms with E-state index in [1.807, 2.05) is 102 Å². The van der Waals surface area contributed by atoms with Gasteiger partial charge in [-0.3, -0.25) is 19.2 Å². The van der Waals surface area contributed by atoms with Gasteiger partial charge in [0, 0.05) is 25.0 Å². The topological polar surface area (TPSA) is 147 Å². The molecule has 0 aliphatic carbocycles. The van der Waals surface area contributed by atoms with Gasteiger partial charge in [-0.1, -0.05) is 36.5 Å². The van der Waals surface area contributed by atoms with Crippen LogP contribution in [0.1, 0.15) is 85.9 Å². The van der Waals surface area contributed by atoms with Crippen LogP contribution in [0.4, 0.5) is 0 Å². The minimum atomic E-state index is -0.297. The van der Waals surface area contributed by atoms with Gasteiger partial charge in [0.1, 0.15) is 17.2 Å². The minimum absolute atomic E-state index is 0.0139. The van der Waals surface area contributed by atoms with Gasteiger partial charge in [0.25, 0.3) is 0 Å². The maximum Gasteiger partial charge on any atom is 0.308 e. The summed E-state index contributed by atoms with van der Waals surface area (Å²) in [5.74, 6) is 1.50. The molecule has 0 unspecified atom stereocenters. The number of hydrogen-bond donors (Lipinski definition) is 3. The number of Topliss-reactive ketones (excluding diaryl/α,β-unsaturated/α-hetero) is 2. The molecule has 64 heavy (non-hydrogen) atoms. The highest BCUT2D eigenvalue weighted by Gasteiger charge is 2.13. The highest BCUT2D eigenvalue weighted by Crippen LogP contribution is 2.33. The number of esters is 2. The van der Waals surface area contributed by atoms with Crippen molar-refractivity contribution in [1.29, 1.82) is 0 Å². The van der Waals surface area contributed by atoms with Gasteiger partial charge in [0.15, 0.2) is 23.1 Å². The number of benzene rings is 5. The fourth-order valence-electron chi connectivity index (χ4n) is 4.37. The predicted octanol–water partition coefficient (Wildman–Crippen LogP) is 15.7. The van der Waals surface area contributed by atoms with Crippen molar-refractivity contribution in [3.8, 4) is 28.7 Å². The lowest BCUT2D eigenvalue weighted by Crippen LogP contribution is -2.04. The Morgan fingerprint density at radius 1 is 0.391 bits per heavy atom. The number of carbonyl (C=O) groups excluding carboxylic acids is 4. The first-order valence-corrected chi connectivity index (χ1v) is 26.7. The number of phenols is 3. The Labute approximate surface area is 483 Å². The molecule has 5 aromatic carbocycles. The van der Waals surface area contributed by atoms with Crippen LogP contribution in [0.25, 0.3) is 16.7 Å². The van der Waals surface area contributed by atoms with Crippen LogP contribution in [0, 0.1) is 28.6 Å². The van der Waals surface area contributed by atoms with E-state index in [4.69, 9.17) is 14.6 Å². The second-order valence-electron chi connectivity index (χ2n) is 13.3. The van der Waals surface area contributed by atoms with Crippen LogP contribution in [0.5, 0.6) is 28.7 Å². The Balaban J connectivity index is 0.000000403. The average molecular weight is 1770 g/mol. The largest absolute Gasteiger partial charge is 0.508 e. The summed E-state index contributed by atoms with van der Waals surface area (Å²) in [4.78, 5) is 43.4. The van der Waals surface area contributed by atoms with Gasteiger partial charge in [-0.05, 0) is 305 Å². The van der Waals surface area contributed by atoms with Gasteiger partial charge in [0.2, 0.25) is 0 Å². The summed E-state index contributed by atoms with van der Waals surface area (Å²) in [6, 6.07) is 21.3. The van der Waals surface area contributed by atoms with Crippen molar-refractivity contribution in [2.45, 2.75) is 48.5 Å². The maximum atomic E-state index is 11.0. The summed E-state index contributed by atoms with van der Waals surface area (Å²) in [6.07, 6.45) is 0. The minimum Gasteiger partial charge on any atom is -0.508 e. The van der Waals surface area contributed by atoms with E-state index in [0.717, 1.165) is 54.8 Å². The third-order valence-electron chi connectivity index (χ3n) is 7.68. The summed E-state index contributed by atoms with van der Waals surface area (Å²) in [6.45, 7) is 23.3. The van der Waals surface area contributed by atoms with Crippen LogP contribution in [0.3, 0.4) is 0 Å². The molecule has 0 heterocycles. The van der Waals surface area contributed by atoms with E-state index in [1.54, 1.807) is 24.3 Å². The Kier molecular flexibility index (Phi) is 28.2. The van der Waals surface area contributed by atoms with Crippen molar-refractivity contribution >= 4 is 221 Å². The molecule has 340 valence electrons. The SMILES string of the molecule is C=C(C)c1cc(I)c(O)c(I)c1.C=C(C)c1cc(I)c(OC(C)=O)c(I)c1.C=C(C)c1cc(I)c(OC(C)=O)c(I)c1.CC(=O)c1cc(I)c(O)c(I)c1.CC(=O)c1ccc(O)cc1. The Bertz CT molecular complexity index is 2330. The lowest BCUT2D eigenvalue weighted by atomic mass is 10.1. The molecule has 5 rings (SSSR count). The quantitative estimate of drug-likeness (QED) is 0.0627. The van der Waals surface area contributed by atoms with E-state index >= 15 is 0 Å². The molecule has 0 bridgehead atoms. The van der Waals surface area contributed by atoms with Crippen molar-refractivity contribution < 1.29 is 44.0 Å². The number of hydrogen-bond acceptors (Lipinski definition) is 9. The number of phenolic OH excluding ortho intramolecular Hbond substituents is 3. The van der Waals surface area contributed by atoms with Crippen LogP contribution in [-0.4, -0.2) is 38.8 Å². The fraction of sp³-hybridized carbons (Fsp3) is 0.149. The third-order valence-corrected chi connectivity index (χ3v) is 14.2. The Morgan fingerprint density at radius 3 is 0.844 bits per heavy atom. The van der Waals surface area contributed by atoms with Crippen molar-refractivity contribution in [2.24, 2.45) is 0 Å². The van der Waals surface area contributed by atoms with Crippen LogP contribution in [0.15, 0.2) is 92.5 Å². The lowest BCUT2D eigenvalue weighted by molar-refractivity contribution is -0.132. The van der Waals surface area contributed by atoms with E-state index in [-0.39, 0.29) is 35.0 Å². The van der Waals surface area contributed by atoms with E-state index in [0.29, 0.717) is 35.5 Å². The zero-order chi connectivity index (χ0) is 49.3. The molecule has 0 amide bonds. The number of halogens is 8. The highest BCUT2D eigenvalue weighted by molar-refractivity contribution is 14.1. The molecule has 0 aromatic heterocycles. The molecule has 0 atom stereocenters. The predicted molar refractivity (Wildman–Crippen MR) is 326 cm³/mol. The van der Waals surface area contributed by atoms with Gasteiger partial charge >= 0.3 is 11.9 Å². The highest BCUT2D eigenvalue weighted by atomic mass is 127. The third kappa shape index (κ3) is 21.4. The number of aromatic hydroxyl groups is 3. The van der Waals surface area contributed by atoms with Crippen LogP contribution in [0.2, 0.25) is 0 Å². The summed E-state index contributed by atoms with van der Waals surface area (Å²) in [7, 11) is 0. The molecule has 0 aliphatic heterocycles. The monoisotopic (exact) mass is 1770 g/mol. The molecule has 17 heteroatoms. The van der Waals surface area contributed by atoms with Gasteiger partial charge in [0.05, 0.1) is 28.6 Å². The second-order valence-corrected chi connectivity index (χ2v) is 22.6. The number of allylic oxidation sites excluding steroid dienone is 3. The van der Waals surface area contributed by atoms with E-state index in [2.05, 4.69) is 155 Å². The van der Waals surface area contributed by atoms with Crippen LogP contribution < -0.4 is 9.47 Å². The summed E-state index contributed by atoms with van der Waals surface area (Å²) in [5, 5.41) is 27.7. The Hall–Kier alpha value is -1.16. The average Bonchev–Trinajstić information content (AvgIpc) is 3.19. The van der Waals surface area contributed by atoms with E-state index in [1.165, 1.54) is 39.8 Å². The fourth-order valence-corrected chi connectivity index (χ4v) is 11.9. The molecule has 3 N–H and O–H groups in total. The van der Waals surface area contributed by atoms with E-state index < -0.39 is 0 Å². The molecule has 0 aliphatic rings. The molecular formula is C47H42I8O9. The summed E-state index contributed by atoms with van der Waals surface area (Å²) in [5.41, 5.74) is 7.51. The first-order chi connectivity index (χ1) is 29.6. The standard InChI is InChI=1S/2C11H10I2O2.C9H8I2O.C8H6I2O2.C8H8O2/c2*1-6(2)8-4-9(12)11(10(13)5-8)15-7(3)14;1-5(2)6-3-7(10)9(12)8(11)4-6;1-4(11)5-2-6(9)8(12)7(10)3-5;1-6(9)7-2-4-8(10)5-3-7/h2*4-5H,1H2,2-3H3;3-4,12H,1H2,2H3;2-3,12H,1H3;2-5,10H,1H3. The lowest BCUT2D eigenvalue weighted by Gasteiger charge is -2.09. The molecule has 0 saturated carbocycles. The van der Waals surface area contributed by atoms with Gasteiger partial charge < -0.3 is 24.8 Å². The maximum absolute atomic E-state index is 11.0. The zero-order valence-electron chi connectivity index (χ0n) is 35.4. The first-order valence-electron chi connectivity index (χ1n) is 18.1. The molecule has 9 nitrogen and oxygen atoms in total. The molecular weight excluding hydrogens is 1720 g/mol. The molecule has 0 fully saturated rings. The van der Waals surface area contributed by atoms with Gasteiger partial charge in [-0.15, -0.1) is 0 Å². The summed E-state index contributed by atoms with van der Waals surface area (Å²) < 4.78 is 17.1. The molecule has 0 saturated heterocycles. The Morgan fingerprint density at radius 2 is 0.625 bits per heavy atom. The van der Waals surface area contributed by atoms with E-state index in [9.17, 15) is 29.4 Å². The number of rotatable bonds is 7. The van der Waals surface area contributed by atoms with Crippen molar-refractivity contribution in [1.82, 2.24) is 0 Å². The number of ketones is 2. The smallest absolute Gasteiger partial charge is 0.308 e. The summed E-state index contributed by atoms with van der Waals surface area (Å²) >= 11 is 16.9. The number of carbonyl (C=O) groups is 4. The normalized spacial score (nSPS) is 9.80. The van der Waals surface area contributed by atoms with Gasteiger partial charge in [-0.25, -0.2) is 0 Å². The van der Waals surface area contributed by atoms with Crippen molar-refractivity contribution in [3.05, 3.63) is 149 Å². The zero-order valence-corrected chi connectivity index (χ0v) is 52.6. The van der Waals surface area contributed by atoms with Crippen LogP contribution >= 0.6 is 181 Å². The van der Waals surface area contributed by atoms with Crippen molar-refractivity contribution in [3.63, 3.8) is 0 Å². The molecule has 0 spiro atoms. The first kappa shape index (κ1) is 60.9. The number of ether oxygens (including phenoxy) is 2. The van der Waals surface area contributed by atoms with Crippen LogP contribution in [-0.2, 0) is 9.59 Å². The van der Waals surface area contributed by atoms with Gasteiger partial charge in [-0.2, -0.15) is 0 Å². The molecule has 5 aromatic rings. The molecule has 0 radical (unpaired) electrons.